The second-order valence-corrected chi connectivity index (χ2v) is 14.4. The standard InChI is InChI=1S/C34H30ClF7N8O/c1-16-7-21-25(22(11-43)48-47-21)26(27(16)34(40,41)42)24-20(35)8-19-29(28(24)39)44-31(51-15-33-4-2-6-50(33)12-17(36)9-33)45-30(19)49-13-18-3-5-32(14-49,46-18)10-23(37)38/h7-8,10,17-18,46H,2-6,9,12-15H2,1H3,(H,47,48)/t17-,18+,32+,33+/m1/s1. The van der Waals surface area contributed by atoms with Crippen molar-refractivity contribution < 1.29 is 35.5 Å². The second kappa shape index (κ2) is 11.9. The van der Waals surface area contributed by atoms with Crippen molar-refractivity contribution in [3.8, 4) is 23.2 Å². The molecule has 0 spiro atoms. The van der Waals surface area contributed by atoms with Gasteiger partial charge in [-0.25, -0.2) is 8.78 Å². The van der Waals surface area contributed by atoms with Crippen molar-refractivity contribution in [2.45, 2.75) is 68.5 Å². The van der Waals surface area contributed by atoms with Crippen LogP contribution in [0.3, 0.4) is 0 Å². The summed E-state index contributed by atoms with van der Waals surface area (Å²) >= 11 is 6.73. The molecule has 4 fully saturated rings. The Morgan fingerprint density at radius 3 is 2.75 bits per heavy atom. The Labute approximate surface area is 291 Å². The van der Waals surface area contributed by atoms with Crippen LogP contribution in [0.25, 0.3) is 32.9 Å². The number of ether oxygens (including phenoxy) is 1. The van der Waals surface area contributed by atoms with E-state index in [0.717, 1.165) is 12.5 Å². The molecule has 8 rings (SSSR count). The summed E-state index contributed by atoms with van der Waals surface area (Å²) in [5.74, 6) is -1.14. The Kier molecular flexibility index (Phi) is 7.93. The van der Waals surface area contributed by atoms with E-state index in [4.69, 9.17) is 16.3 Å². The van der Waals surface area contributed by atoms with Gasteiger partial charge >= 0.3 is 12.2 Å². The summed E-state index contributed by atoms with van der Waals surface area (Å²) in [7, 11) is 0. The first-order valence-electron chi connectivity index (χ1n) is 16.5. The van der Waals surface area contributed by atoms with Crippen LogP contribution in [0.4, 0.5) is 36.6 Å². The highest BCUT2D eigenvalue weighted by molar-refractivity contribution is 6.35. The van der Waals surface area contributed by atoms with Gasteiger partial charge in [0.25, 0.3) is 6.08 Å². The number of H-pyrrole nitrogens is 1. The van der Waals surface area contributed by atoms with Gasteiger partial charge in [-0.1, -0.05) is 11.6 Å². The number of benzene rings is 2. The number of aryl methyl sites for hydroxylation is 1. The third kappa shape index (κ3) is 5.55. The van der Waals surface area contributed by atoms with E-state index in [9.17, 15) is 31.6 Å². The van der Waals surface area contributed by atoms with Gasteiger partial charge in [0, 0.05) is 60.1 Å². The molecule has 268 valence electrons. The summed E-state index contributed by atoms with van der Waals surface area (Å²) in [6, 6.07) is 3.65. The van der Waals surface area contributed by atoms with E-state index in [0.29, 0.717) is 25.8 Å². The largest absolute Gasteiger partial charge is 0.461 e. The lowest BCUT2D eigenvalue weighted by atomic mass is 9.90. The number of hydrogen-bond donors (Lipinski definition) is 2. The number of nitriles is 1. The summed E-state index contributed by atoms with van der Waals surface area (Å²) in [5.41, 5.74) is -5.32. The van der Waals surface area contributed by atoms with Crippen LogP contribution in [0, 0.1) is 24.1 Å². The maximum Gasteiger partial charge on any atom is 0.417 e. The van der Waals surface area contributed by atoms with Crippen molar-refractivity contribution in [2.75, 3.05) is 37.7 Å². The molecule has 4 aliphatic rings. The number of aromatic amines is 1. The van der Waals surface area contributed by atoms with E-state index < -0.39 is 68.2 Å². The van der Waals surface area contributed by atoms with Crippen LogP contribution in [0.2, 0.25) is 5.02 Å². The monoisotopic (exact) mass is 734 g/mol. The quantitative estimate of drug-likeness (QED) is 0.200. The summed E-state index contributed by atoms with van der Waals surface area (Å²) in [6.45, 7) is 2.40. The first-order valence-corrected chi connectivity index (χ1v) is 16.9. The second-order valence-electron chi connectivity index (χ2n) is 14.0. The molecular weight excluding hydrogens is 705 g/mol. The highest BCUT2D eigenvalue weighted by Gasteiger charge is 2.50. The molecule has 4 atom stereocenters. The Balaban J connectivity index is 1.34. The number of aromatic nitrogens is 4. The van der Waals surface area contributed by atoms with Gasteiger partial charge in [-0.05, 0) is 56.8 Å². The predicted molar refractivity (Wildman–Crippen MR) is 174 cm³/mol. The SMILES string of the molecule is Cc1cc2[nH]nc(C#N)c2c(-c2c(Cl)cc3c(N4C[C@@H]5CC[C@](C=C(F)F)(C4)N5)nc(OC[C@@]45CCCN4C[C@H](F)C5)nc3c2F)c1C(F)(F)F. The topological polar surface area (TPSA) is 106 Å². The van der Waals surface area contributed by atoms with Gasteiger partial charge in [-0.15, -0.1) is 0 Å². The average molecular weight is 735 g/mol. The fraction of sp³-hybridized carbons (Fsp3) is 0.471. The normalized spacial score (nSPS) is 26.2. The molecule has 0 aliphatic carbocycles. The molecule has 0 unspecified atom stereocenters. The number of hydrogen-bond acceptors (Lipinski definition) is 8. The van der Waals surface area contributed by atoms with Crippen molar-refractivity contribution in [1.29, 1.82) is 5.26 Å². The zero-order valence-electron chi connectivity index (χ0n) is 27.1. The summed E-state index contributed by atoms with van der Waals surface area (Å²) < 4.78 is 110. The fourth-order valence-corrected chi connectivity index (χ4v) is 9.09. The molecule has 4 aliphatic heterocycles. The molecule has 6 heterocycles. The minimum absolute atomic E-state index is 0.00586. The molecule has 2 N–H and O–H groups in total. The van der Waals surface area contributed by atoms with Crippen LogP contribution in [-0.2, 0) is 6.18 Å². The zero-order valence-corrected chi connectivity index (χ0v) is 27.8. The van der Waals surface area contributed by atoms with Crippen LogP contribution in [0.15, 0.2) is 24.3 Å². The third-order valence-corrected chi connectivity index (χ3v) is 11.1. The number of nitrogens with one attached hydrogen (secondary N) is 2. The molecule has 9 nitrogen and oxygen atoms in total. The Bertz CT molecular complexity index is 2160. The highest BCUT2D eigenvalue weighted by Crippen LogP contribution is 2.49. The predicted octanol–water partition coefficient (Wildman–Crippen LogP) is 7.21. The molecule has 0 saturated carbocycles. The lowest BCUT2D eigenvalue weighted by molar-refractivity contribution is -0.137. The molecule has 0 radical (unpaired) electrons. The maximum atomic E-state index is 17.2. The lowest BCUT2D eigenvalue weighted by Crippen LogP contribution is -2.59. The molecule has 51 heavy (non-hydrogen) atoms. The number of alkyl halides is 4. The van der Waals surface area contributed by atoms with Crippen molar-refractivity contribution in [3.63, 3.8) is 0 Å². The van der Waals surface area contributed by atoms with Crippen LogP contribution in [0.5, 0.6) is 6.01 Å². The van der Waals surface area contributed by atoms with E-state index in [-0.39, 0.29) is 72.4 Å². The van der Waals surface area contributed by atoms with Gasteiger partial charge in [0.1, 0.15) is 30.2 Å². The first-order chi connectivity index (χ1) is 24.2. The number of rotatable bonds is 6. The average Bonchev–Trinajstić information content (AvgIpc) is 3.79. The third-order valence-electron chi connectivity index (χ3n) is 10.8. The van der Waals surface area contributed by atoms with Gasteiger partial charge in [0.05, 0.1) is 27.2 Å². The summed E-state index contributed by atoms with van der Waals surface area (Å²) in [6.07, 6.45) is -4.40. The van der Waals surface area contributed by atoms with Gasteiger partial charge in [-0.3, -0.25) is 10.00 Å². The Morgan fingerprint density at radius 1 is 1.20 bits per heavy atom. The van der Waals surface area contributed by atoms with Crippen LogP contribution < -0.4 is 15.0 Å². The molecule has 0 amide bonds. The van der Waals surface area contributed by atoms with Crippen LogP contribution >= 0.6 is 11.6 Å². The first kappa shape index (κ1) is 33.9. The number of nitrogens with zero attached hydrogens (tertiary/aromatic N) is 6. The smallest absolute Gasteiger partial charge is 0.417 e. The number of piperazine rings is 1. The van der Waals surface area contributed by atoms with Crippen molar-refractivity contribution in [1.82, 2.24) is 30.4 Å². The lowest BCUT2D eigenvalue weighted by Gasteiger charge is -2.40. The summed E-state index contributed by atoms with van der Waals surface area (Å²) in [5, 5.41) is 18.7. The van der Waals surface area contributed by atoms with Crippen molar-refractivity contribution in [2.24, 2.45) is 0 Å². The van der Waals surface area contributed by atoms with Gasteiger partial charge in [0.15, 0.2) is 11.5 Å². The molecule has 2 aromatic heterocycles. The van der Waals surface area contributed by atoms with Gasteiger partial charge in [0.2, 0.25) is 0 Å². The number of anilines is 1. The number of halogens is 8. The number of fused-ring (bicyclic) bond motifs is 5. The maximum absolute atomic E-state index is 17.2. The fourth-order valence-electron chi connectivity index (χ4n) is 8.81. The molecule has 4 saturated heterocycles. The van der Waals surface area contributed by atoms with E-state index >= 15 is 4.39 Å². The van der Waals surface area contributed by atoms with Crippen molar-refractivity contribution in [3.05, 3.63) is 52.0 Å². The minimum Gasteiger partial charge on any atom is -0.461 e. The van der Waals surface area contributed by atoms with Gasteiger partial charge < -0.3 is 15.0 Å². The van der Waals surface area contributed by atoms with E-state index in [2.05, 4.69) is 25.5 Å². The Hall–Kier alpha value is -4.20. The van der Waals surface area contributed by atoms with E-state index in [1.54, 1.807) is 11.0 Å². The molecule has 2 aromatic carbocycles. The Morgan fingerprint density at radius 2 is 2.00 bits per heavy atom. The summed E-state index contributed by atoms with van der Waals surface area (Å²) in [4.78, 5) is 12.7. The molecule has 17 heteroatoms. The minimum atomic E-state index is -5.00. The highest BCUT2D eigenvalue weighted by atomic mass is 35.5. The van der Waals surface area contributed by atoms with E-state index in [1.165, 1.54) is 19.1 Å². The molecular formula is C34H30ClF7N8O. The van der Waals surface area contributed by atoms with Crippen LogP contribution in [0.1, 0.15) is 48.9 Å². The zero-order chi connectivity index (χ0) is 36.0. The molecule has 4 aromatic rings. The van der Waals surface area contributed by atoms with Gasteiger partial charge in [-0.2, -0.15) is 42.3 Å². The van der Waals surface area contributed by atoms with Crippen molar-refractivity contribution >= 4 is 39.2 Å². The van der Waals surface area contributed by atoms with Crippen LogP contribution in [-0.4, -0.2) is 81.1 Å². The molecule has 2 bridgehead atoms. The van der Waals surface area contributed by atoms with E-state index in [1.807, 2.05) is 4.90 Å².